The van der Waals surface area contributed by atoms with E-state index in [0.29, 0.717) is 19.6 Å². The summed E-state index contributed by atoms with van der Waals surface area (Å²) >= 11 is 0. The molecule has 8 nitrogen and oxygen atoms in total. The smallest absolute Gasteiger partial charge is 0.252 e. The third-order valence-corrected chi connectivity index (χ3v) is 6.94. The van der Waals surface area contributed by atoms with Gasteiger partial charge in [0.1, 0.15) is 0 Å². The predicted octanol–water partition coefficient (Wildman–Crippen LogP) is 4.55. The number of rotatable bonds is 10. The van der Waals surface area contributed by atoms with Gasteiger partial charge in [-0.15, -0.1) is 5.10 Å². The fourth-order valence-electron chi connectivity index (χ4n) is 5.11. The molecule has 8 heteroatoms. The highest BCUT2D eigenvalue weighted by atomic mass is 16.5. The summed E-state index contributed by atoms with van der Waals surface area (Å²) in [5, 5.41) is 13.9. The zero-order chi connectivity index (χ0) is 24.9. The van der Waals surface area contributed by atoms with E-state index in [1.54, 1.807) is 0 Å². The predicted molar refractivity (Wildman–Crippen MR) is 139 cm³/mol. The minimum Gasteiger partial charge on any atom is -0.376 e. The summed E-state index contributed by atoms with van der Waals surface area (Å²) in [4.78, 5) is 18.5. The molecule has 1 fully saturated rings. The van der Waals surface area contributed by atoms with Gasteiger partial charge in [0.15, 0.2) is 5.82 Å². The number of fused-ring (bicyclic) bond motifs is 1. The van der Waals surface area contributed by atoms with Gasteiger partial charge >= 0.3 is 0 Å². The first kappa shape index (κ1) is 24.3. The molecule has 188 valence electrons. The van der Waals surface area contributed by atoms with Crippen molar-refractivity contribution in [2.24, 2.45) is 0 Å². The number of tetrazole rings is 1. The Hall–Kier alpha value is -3.36. The van der Waals surface area contributed by atoms with Crippen molar-refractivity contribution in [3.8, 4) is 0 Å². The normalized spacial score (nSPS) is 16.7. The summed E-state index contributed by atoms with van der Waals surface area (Å²) < 4.78 is 7.77. The lowest BCUT2D eigenvalue weighted by Gasteiger charge is -2.31. The Bertz CT molecular complexity index is 1340. The van der Waals surface area contributed by atoms with Gasteiger partial charge in [0.25, 0.3) is 5.56 Å². The molecule has 2 aromatic carbocycles. The van der Waals surface area contributed by atoms with Gasteiger partial charge in [-0.1, -0.05) is 55.3 Å². The number of nitrogens with one attached hydrogen (secondary N) is 1. The van der Waals surface area contributed by atoms with Crippen LogP contribution in [0.25, 0.3) is 10.9 Å². The number of hydrogen-bond acceptors (Lipinski definition) is 6. The Kier molecular flexibility index (Phi) is 7.53. The second kappa shape index (κ2) is 11.1. The molecule has 0 saturated carbocycles. The number of benzene rings is 2. The van der Waals surface area contributed by atoms with Crippen molar-refractivity contribution in [1.82, 2.24) is 30.1 Å². The zero-order valence-electron chi connectivity index (χ0n) is 21.1. The van der Waals surface area contributed by atoms with Gasteiger partial charge in [-0.25, -0.2) is 4.68 Å². The number of H-pyrrole nitrogens is 1. The summed E-state index contributed by atoms with van der Waals surface area (Å²) in [7, 11) is 0. The van der Waals surface area contributed by atoms with Gasteiger partial charge in [0.05, 0.1) is 18.7 Å². The maximum absolute atomic E-state index is 13.1. The lowest BCUT2D eigenvalue weighted by Crippen LogP contribution is -2.33. The van der Waals surface area contributed by atoms with E-state index in [4.69, 9.17) is 4.74 Å². The van der Waals surface area contributed by atoms with E-state index in [0.717, 1.165) is 54.6 Å². The van der Waals surface area contributed by atoms with Gasteiger partial charge in [0, 0.05) is 30.8 Å². The lowest BCUT2D eigenvalue weighted by molar-refractivity contribution is 0.0885. The maximum Gasteiger partial charge on any atom is 0.252 e. The molecular formula is C28H34N6O2. The second-order valence-corrected chi connectivity index (χ2v) is 9.76. The number of hydrogen-bond donors (Lipinski definition) is 1. The van der Waals surface area contributed by atoms with Crippen molar-refractivity contribution in [1.29, 1.82) is 0 Å². The first-order chi connectivity index (χ1) is 17.6. The van der Waals surface area contributed by atoms with Crippen LogP contribution in [-0.4, -0.2) is 42.8 Å². The minimum absolute atomic E-state index is 0.0424. The molecule has 0 spiro atoms. The third kappa shape index (κ3) is 5.55. The van der Waals surface area contributed by atoms with Crippen LogP contribution in [-0.2, 0) is 24.4 Å². The maximum atomic E-state index is 13.1. The number of aryl methyl sites for hydroxylation is 1. The SMILES string of the molecule is CCC[C@H](c1nnnn1C[C@@H]1CCCO1)N(Cc1ccccc1)Cc1cc2cc(C)ccc2[nH]c1=O. The molecular weight excluding hydrogens is 452 g/mol. The molecule has 1 aliphatic heterocycles. The average molecular weight is 487 g/mol. The van der Waals surface area contributed by atoms with Crippen LogP contribution in [0.2, 0.25) is 0 Å². The van der Waals surface area contributed by atoms with E-state index < -0.39 is 0 Å². The summed E-state index contributed by atoms with van der Waals surface area (Å²) in [6.45, 7) is 6.86. The molecule has 1 aliphatic rings. The van der Waals surface area contributed by atoms with E-state index in [9.17, 15) is 4.79 Å². The Balaban J connectivity index is 1.51. The van der Waals surface area contributed by atoms with Crippen molar-refractivity contribution >= 4 is 10.9 Å². The molecule has 1 saturated heterocycles. The van der Waals surface area contributed by atoms with Crippen LogP contribution in [0.5, 0.6) is 0 Å². The molecule has 4 aromatic rings. The summed E-state index contributed by atoms with van der Waals surface area (Å²) in [5.41, 5.74) is 3.89. The van der Waals surface area contributed by atoms with Crippen LogP contribution in [0.3, 0.4) is 0 Å². The number of nitrogens with zero attached hydrogens (tertiary/aromatic N) is 5. The van der Waals surface area contributed by atoms with Crippen molar-refractivity contribution in [3.05, 3.63) is 87.5 Å². The van der Waals surface area contributed by atoms with E-state index in [1.165, 1.54) is 11.1 Å². The molecule has 0 amide bonds. The number of aromatic amines is 1. The third-order valence-electron chi connectivity index (χ3n) is 6.94. The molecule has 0 radical (unpaired) electrons. The summed E-state index contributed by atoms with van der Waals surface area (Å²) in [6, 6.07) is 18.5. The standard InChI is InChI=1S/C28H34N6O2/c1-3-8-26(27-30-31-32-34(27)19-24-11-7-14-36-24)33(17-21-9-5-4-6-10-21)18-23-16-22-15-20(2)12-13-25(22)29-28(23)35/h4-6,9-10,12-13,15-16,24,26H,3,7-8,11,14,17-19H2,1-2H3,(H,29,35)/t24-,26+/m0/s1. The molecule has 0 unspecified atom stereocenters. The molecule has 5 rings (SSSR count). The first-order valence-electron chi connectivity index (χ1n) is 12.9. The minimum atomic E-state index is -0.0568. The average Bonchev–Trinajstić information content (AvgIpc) is 3.56. The van der Waals surface area contributed by atoms with Crippen LogP contribution >= 0.6 is 0 Å². The second-order valence-electron chi connectivity index (χ2n) is 9.76. The Morgan fingerprint density at radius 3 is 2.81 bits per heavy atom. The molecule has 0 bridgehead atoms. The molecule has 1 N–H and O–H groups in total. The van der Waals surface area contributed by atoms with Crippen LogP contribution < -0.4 is 5.56 Å². The molecule has 2 aromatic heterocycles. The Morgan fingerprint density at radius 1 is 1.17 bits per heavy atom. The number of ether oxygens (including phenoxy) is 1. The van der Waals surface area contributed by atoms with E-state index >= 15 is 0 Å². The molecule has 36 heavy (non-hydrogen) atoms. The summed E-state index contributed by atoms with van der Waals surface area (Å²) in [6.07, 6.45) is 4.09. The molecule has 0 aliphatic carbocycles. The first-order valence-corrected chi connectivity index (χ1v) is 12.9. The van der Waals surface area contributed by atoms with E-state index in [2.05, 4.69) is 69.6 Å². The zero-order valence-corrected chi connectivity index (χ0v) is 21.1. The van der Waals surface area contributed by atoms with Gasteiger partial charge in [-0.3, -0.25) is 9.69 Å². The highest BCUT2D eigenvalue weighted by Gasteiger charge is 2.28. The topological polar surface area (TPSA) is 88.9 Å². The lowest BCUT2D eigenvalue weighted by atomic mass is 10.0. The van der Waals surface area contributed by atoms with Crippen molar-refractivity contribution < 1.29 is 4.74 Å². The summed E-state index contributed by atoms with van der Waals surface area (Å²) in [5.74, 6) is 0.830. The van der Waals surface area contributed by atoms with Crippen molar-refractivity contribution in [3.63, 3.8) is 0 Å². The number of aromatic nitrogens is 5. The fraction of sp³-hybridized carbons (Fsp3) is 0.429. The highest BCUT2D eigenvalue weighted by molar-refractivity contribution is 5.79. The Labute approximate surface area is 211 Å². The monoisotopic (exact) mass is 486 g/mol. The number of pyridine rings is 1. The molecule has 3 heterocycles. The van der Waals surface area contributed by atoms with E-state index in [1.807, 2.05) is 28.9 Å². The van der Waals surface area contributed by atoms with Gasteiger partial charge in [0.2, 0.25) is 0 Å². The van der Waals surface area contributed by atoms with Gasteiger partial charge in [-0.05, 0) is 65.8 Å². The van der Waals surface area contributed by atoms with Crippen molar-refractivity contribution in [2.45, 2.75) is 71.3 Å². The Morgan fingerprint density at radius 2 is 2.03 bits per heavy atom. The van der Waals surface area contributed by atoms with Crippen LogP contribution in [0.15, 0.2) is 59.4 Å². The van der Waals surface area contributed by atoms with Gasteiger partial charge in [-0.2, -0.15) is 0 Å². The van der Waals surface area contributed by atoms with Crippen molar-refractivity contribution in [2.75, 3.05) is 6.61 Å². The van der Waals surface area contributed by atoms with Crippen LogP contribution in [0.1, 0.15) is 61.2 Å². The fourth-order valence-corrected chi connectivity index (χ4v) is 5.11. The quantitative estimate of drug-likeness (QED) is 0.354. The van der Waals surface area contributed by atoms with E-state index in [-0.39, 0.29) is 17.7 Å². The van der Waals surface area contributed by atoms with Crippen LogP contribution in [0.4, 0.5) is 0 Å². The van der Waals surface area contributed by atoms with Crippen LogP contribution in [0, 0.1) is 6.92 Å². The molecule has 2 atom stereocenters. The highest BCUT2D eigenvalue weighted by Crippen LogP contribution is 2.28. The van der Waals surface area contributed by atoms with Gasteiger partial charge < -0.3 is 9.72 Å². The largest absolute Gasteiger partial charge is 0.376 e.